The van der Waals surface area contributed by atoms with Crippen LogP contribution in [0.1, 0.15) is 43.1 Å². The molecular formula is C22H22BrF3N6O5S. The lowest BCUT2D eigenvalue weighted by atomic mass is 10.2. The van der Waals surface area contributed by atoms with E-state index in [9.17, 15) is 26.4 Å². The van der Waals surface area contributed by atoms with Crippen molar-refractivity contribution in [3.05, 3.63) is 46.2 Å². The third-order valence-electron chi connectivity index (χ3n) is 5.61. The Kier molecular flexibility index (Phi) is 7.56. The van der Waals surface area contributed by atoms with Gasteiger partial charge in [0.2, 0.25) is 11.8 Å². The van der Waals surface area contributed by atoms with Gasteiger partial charge in [-0.15, -0.1) is 0 Å². The standard InChI is InChI=1S/C22H22BrF3N6O5S/c1-11(32-18(12-4-5-12)17(23)19(30-32)22(24,25)26)20(33)27-13-6-8-14(9-7-13)38(34,35)31-15-10-16(36-2)29-21(28-15)37-3/h6-12H,4-5H2,1-3H3,(H,27,33)(H,28,29,31). The minimum atomic E-state index is -4.68. The number of alkyl halides is 3. The van der Waals surface area contributed by atoms with Gasteiger partial charge in [-0.1, -0.05) is 0 Å². The van der Waals surface area contributed by atoms with E-state index in [4.69, 9.17) is 9.47 Å². The quantitative estimate of drug-likeness (QED) is 0.361. The van der Waals surface area contributed by atoms with Gasteiger partial charge in [0.15, 0.2) is 11.5 Å². The van der Waals surface area contributed by atoms with Crippen LogP contribution in [0.25, 0.3) is 0 Å². The van der Waals surface area contributed by atoms with E-state index in [2.05, 4.69) is 41.0 Å². The van der Waals surface area contributed by atoms with E-state index in [0.717, 1.165) is 4.68 Å². The number of ether oxygens (including phenoxy) is 2. The summed E-state index contributed by atoms with van der Waals surface area (Å²) in [4.78, 5) is 20.6. The van der Waals surface area contributed by atoms with Crippen LogP contribution in [0.15, 0.2) is 39.7 Å². The number of rotatable bonds is 9. The van der Waals surface area contributed by atoms with Crippen LogP contribution in [-0.4, -0.2) is 48.3 Å². The number of aromatic nitrogens is 4. The van der Waals surface area contributed by atoms with Crippen LogP contribution in [0.2, 0.25) is 0 Å². The zero-order valence-corrected chi connectivity index (χ0v) is 22.6. The number of carbonyl (C=O) groups is 1. The van der Waals surface area contributed by atoms with Crippen LogP contribution >= 0.6 is 15.9 Å². The SMILES string of the molecule is COc1cc(NS(=O)(=O)c2ccc(NC(=O)C(C)n3nc(C(F)(F)F)c(Br)c3C3CC3)cc2)nc(OC)n1. The van der Waals surface area contributed by atoms with E-state index in [1.165, 1.54) is 51.5 Å². The Hall–Kier alpha value is -3.40. The molecule has 1 unspecified atom stereocenters. The van der Waals surface area contributed by atoms with E-state index in [1.807, 2.05) is 0 Å². The molecule has 4 rings (SSSR count). The van der Waals surface area contributed by atoms with Crippen LogP contribution in [0.3, 0.4) is 0 Å². The lowest BCUT2D eigenvalue weighted by Crippen LogP contribution is -2.26. The number of sulfonamides is 1. The summed E-state index contributed by atoms with van der Waals surface area (Å²) in [6, 6.07) is 5.30. The second-order valence-electron chi connectivity index (χ2n) is 8.34. The molecule has 1 aromatic carbocycles. The van der Waals surface area contributed by atoms with Gasteiger partial charge in [0.25, 0.3) is 10.0 Å². The molecule has 1 aliphatic carbocycles. The topological polar surface area (TPSA) is 137 Å². The van der Waals surface area contributed by atoms with Gasteiger partial charge in [-0.25, -0.2) is 8.42 Å². The summed E-state index contributed by atoms with van der Waals surface area (Å²) in [5.74, 6) is -0.743. The first-order valence-electron chi connectivity index (χ1n) is 11.1. The highest BCUT2D eigenvalue weighted by atomic mass is 79.9. The molecule has 0 aliphatic heterocycles. The Morgan fingerprint density at radius 1 is 1.16 bits per heavy atom. The Morgan fingerprint density at radius 2 is 1.82 bits per heavy atom. The van der Waals surface area contributed by atoms with E-state index in [0.29, 0.717) is 18.5 Å². The summed E-state index contributed by atoms with van der Waals surface area (Å²) in [5.41, 5.74) is -0.521. The maximum atomic E-state index is 13.4. The number of halogens is 4. The van der Waals surface area contributed by atoms with E-state index >= 15 is 0 Å². The fourth-order valence-corrected chi connectivity index (χ4v) is 5.35. The molecule has 1 fully saturated rings. The first-order valence-corrected chi connectivity index (χ1v) is 13.4. The van der Waals surface area contributed by atoms with Crippen molar-refractivity contribution in [1.82, 2.24) is 19.7 Å². The summed E-state index contributed by atoms with van der Waals surface area (Å²) < 4.78 is 79.0. The average Bonchev–Trinajstić information content (AvgIpc) is 3.63. The van der Waals surface area contributed by atoms with Gasteiger partial charge < -0.3 is 14.8 Å². The molecule has 1 aliphatic rings. The molecule has 0 spiro atoms. The first kappa shape index (κ1) is 27.6. The van der Waals surface area contributed by atoms with Crippen LogP contribution in [-0.2, 0) is 21.0 Å². The molecule has 0 saturated heterocycles. The maximum Gasteiger partial charge on any atom is 0.436 e. The molecule has 2 aromatic heterocycles. The van der Waals surface area contributed by atoms with Crippen LogP contribution in [0, 0.1) is 0 Å². The van der Waals surface area contributed by atoms with Gasteiger partial charge in [-0.3, -0.25) is 14.2 Å². The zero-order valence-electron chi connectivity index (χ0n) is 20.2. The van der Waals surface area contributed by atoms with Gasteiger partial charge in [0.05, 0.1) is 29.3 Å². The van der Waals surface area contributed by atoms with Gasteiger partial charge in [-0.05, 0) is 60.0 Å². The van der Waals surface area contributed by atoms with Crippen molar-refractivity contribution in [1.29, 1.82) is 0 Å². The maximum absolute atomic E-state index is 13.4. The van der Waals surface area contributed by atoms with Crippen LogP contribution in [0.5, 0.6) is 11.9 Å². The van der Waals surface area contributed by atoms with Crippen molar-refractivity contribution in [2.75, 3.05) is 24.3 Å². The largest absolute Gasteiger partial charge is 0.481 e. The Morgan fingerprint density at radius 3 is 2.37 bits per heavy atom. The highest BCUT2D eigenvalue weighted by Gasteiger charge is 2.43. The number of hydrogen-bond donors (Lipinski definition) is 2. The smallest absolute Gasteiger partial charge is 0.436 e. The van der Waals surface area contributed by atoms with Crippen molar-refractivity contribution in [3.63, 3.8) is 0 Å². The number of benzene rings is 1. The summed E-state index contributed by atoms with van der Waals surface area (Å²) in [7, 11) is -1.42. The summed E-state index contributed by atoms with van der Waals surface area (Å²) in [6.07, 6.45) is -3.27. The van der Waals surface area contributed by atoms with E-state index in [1.54, 1.807) is 0 Å². The van der Waals surface area contributed by atoms with Crippen molar-refractivity contribution in [2.24, 2.45) is 0 Å². The summed E-state index contributed by atoms with van der Waals surface area (Å²) in [5, 5.41) is 6.27. The molecule has 204 valence electrons. The minimum absolute atomic E-state index is 0.0816. The Labute approximate surface area is 223 Å². The Bertz CT molecular complexity index is 1440. The predicted molar refractivity (Wildman–Crippen MR) is 133 cm³/mol. The molecule has 0 bridgehead atoms. The number of amides is 1. The van der Waals surface area contributed by atoms with Gasteiger partial charge in [-0.2, -0.15) is 28.2 Å². The van der Waals surface area contributed by atoms with Gasteiger partial charge in [0.1, 0.15) is 6.04 Å². The number of nitrogens with one attached hydrogen (secondary N) is 2. The molecule has 2 N–H and O–H groups in total. The molecule has 3 aromatic rings. The van der Waals surface area contributed by atoms with Gasteiger partial charge in [0, 0.05) is 17.7 Å². The van der Waals surface area contributed by atoms with Gasteiger partial charge >= 0.3 is 12.2 Å². The van der Waals surface area contributed by atoms with E-state index < -0.39 is 33.8 Å². The normalized spacial score (nSPS) is 14.6. The molecule has 0 radical (unpaired) electrons. The van der Waals surface area contributed by atoms with Crippen molar-refractivity contribution < 1.29 is 35.9 Å². The van der Waals surface area contributed by atoms with Crippen LogP contribution < -0.4 is 19.5 Å². The zero-order chi connectivity index (χ0) is 27.8. The lowest BCUT2D eigenvalue weighted by Gasteiger charge is -2.16. The fraction of sp³-hybridized carbons (Fsp3) is 0.364. The highest BCUT2D eigenvalue weighted by Crippen LogP contribution is 2.47. The summed E-state index contributed by atoms with van der Waals surface area (Å²) in [6.45, 7) is 1.44. The molecule has 38 heavy (non-hydrogen) atoms. The minimum Gasteiger partial charge on any atom is -0.481 e. The average molecular weight is 619 g/mol. The predicted octanol–water partition coefficient (Wildman–Crippen LogP) is 4.35. The van der Waals surface area contributed by atoms with E-state index in [-0.39, 0.29) is 38.7 Å². The Balaban J connectivity index is 1.50. The number of hydrogen-bond acceptors (Lipinski definition) is 8. The number of carbonyl (C=O) groups excluding carboxylic acids is 1. The highest BCUT2D eigenvalue weighted by molar-refractivity contribution is 9.10. The fourth-order valence-electron chi connectivity index (χ4n) is 3.55. The van der Waals surface area contributed by atoms with Crippen molar-refractivity contribution >= 4 is 43.4 Å². The third kappa shape index (κ3) is 5.85. The monoisotopic (exact) mass is 618 g/mol. The molecular weight excluding hydrogens is 597 g/mol. The van der Waals surface area contributed by atoms with Crippen molar-refractivity contribution in [3.8, 4) is 11.9 Å². The van der Waals surface area contributed by atoms with Crippen LogP contribution in [0.4, 0.5) is 24.7 Å². The second-order valence-corrected chi connectivity index (χ2v) is 10.8. The number of anilines is 2. The molecule has 1 atom stereocenters. The molecule has 2 heterocycles. The molecule has 11 nitrogen and oxygen atoms in total. The molecule has 16 heteroatoms. The summed E-state index contributed by atoms with van der Waals surface area (Å²) >= 11 is 3.01. The molecule has 1 amide bonds. The lowest BCUT2D eigenvalue weighted by molar-refractivity contribution is -0.142. The van der Waals surface area contributed by atoms with Crippen molar-refractivity contribution in [2.45, 2.75) is 42.8 Å². The second kappa shape index (κ2) is 10.4. The molecule has 1 saturated carbocycles. The third-order valence-corrected chi connectivity index (χ3v) is 7.76. The number of nitrogens with zero attached hydrogens (tertiary/aromatic N) is 4. The number of methoxy groups -OCH3 is 2. The first-order chi connectivity index (χ1) is 17.8.